The summed E-state index contributed by atoms with van der Waals surface area (Å²) >= 11 is 5.44. The maximum Gasteiger partial charge on any atom is 0.219 e. The number of methoxy groups -OCH3 is 1. The van der Waals surface area contributed by atoms with E-state index < -0.39 is 11.6 Å². The third-order valence-electron chi connectivity index (χ3n) is 4.52. The summed E-state index contributed by atoms with van der Waals surface area (Å²) in [5.41, 5.74) is 5.82. The number of thioether (sulfide) groups is 1. The van der Waals surface area contributed by atoms with Crippen molar-refractivity contribution in [2.45, 2.75) is 29.8 Å². The largest absolute Gasteiger partial charge is 0.481 e. The van der Waals surface area contributed by atoms with Crippen molar-refractivity contribution in [2.24, 2.45) is 0 Å². The van der Waals surface area contributed by atoms with Crippen LogP contribution in [-0.4, -0.2) is 59.5 Å². The van der Waals surface area contributed by atoms with Gasteiger partial charge in [-0.15, -0.1) is 0 Å². The van der Waals surface area contributed by atoms with Crippen molar-refractivity contribution in [1.29, 1.82) is 0 Å². The lowest BCUT2D eigenvalue weighted by atomic mass is 10.1. The lowest BCUT2D eigenvalue weighted by molar-refractivity contribution is 0.206. The number of benzene rings is 1. The molecule has 1 aromatic carbocycles. The van der Waals surface area contributed by atoms with Crippen LogP contribution in [0.15, 0.2) is 29.4 Å². The Balaban J connectivity index is 0.000000253. The van der Waals surface area contributed by atoms with Crippen LogP contribution in [-0.2, 0) is 5.75 Å². The van der Waals surface area contributed by atoms with Crippen LogP contribution in [0.3, 0.4) is 0 Å². The first-order chi connectivity index (χ1) is 13.8. The molecule has 0 bridgehead atoms. The highest BCUT2D eigenvalue weighted by Gasteiger charge is 2.18. The minimum absolute atomic E-state index is 0.205. The van der Waals surface area contributed by atoms with E-state index in [-0.39, 0.29) is 17.1 Å². The third-order valence-corrected chi connectivity index (χ3v) is 5.74. The van der Waals surface area contributed by atoms with E-state index in [9.17, 15) is 8.78 Å². The fourth-order valence-corrected chi connectivity index (χ4v) is 3.82. The van der Waals surface area contributed by atoms with Crippen LogP contribution in [0.2, 0.25) is 0 Å². The molecule has 0 atom stereocenters. The Morgan fingerprint density at radius 3 is 2.62 bits per heavy atom. The van der Waals surface area contributed by atoms with Crippen molar-refractivity contribution in [3.63, 3.8) is 0 Å². The van der Waals surface area contributed by atoms with Crippen molar-refractivity contribution in [2.75, 3.05) is 40.0 Å². The van der Waals surface area contributed by atoms with E-state index >= 15 is 0 Å². The SMILES string of the molecule is CN1CCC(N(C)S)CC1.COc1cc(N)nc(SCc2cccc(F)c2F)n1. The number of piperidine rings is 1. The summed E-state index contributed by atoms with van der Waals surface area (Å²) in [4.78, 5) is 10.4. The Hall–Kier alpha value is -1.62. The molecule has 1 aliphatic heterocycles. The van der Waals surface area contributed by atoms with E-state index in [1.54, 1.807) is 0 Å². The number of rotatable bonds is 5. The Morgan fingerprint density at radius 2 is 2.00 bits per heavy atom. The van der Waals surface area contributed by atoms with Gasteiger partial charge in [-0.1, -0.05) is 36.7 Å². The van der Waals surface area contributed by atoms with E-state index in [1.807, 2.05) is 11.4 Å². The normalized spacial score (nSPS) is 15.1. The van der Waals surface area contributed by atoms with Gasteiger partial charge in [0.05, 0.1) is 7.11 Å². The molecule has 3 rings (SSSR count). The molecule has 0 amide bonds. The second-order valence-corrected chi connectivity index (χ2v) is 8.30. The van der Waals surface area contributed by atoms with Crippen LogP contribution >= 0.6 is 24.6 Å². The topological polar surface area (TPSA) is 67.5 Å². The average molecular weight is 444 g/mol. The summed E-state index contributed by atoms with van der Waals surface area (Å²) in [5.74, 6) is -0.935. The van der Waals surface area contributed by atoms with Crippen LogP contribution in [0.5, 0.6) is 5.88 Å². The number of hydrogen-bond donors (Lipinski definition) is 2. The summed E-state index contributed by atoms with van der Waals surface area (Å²) in [5, 5.41) is 0.348. The molecule has 0 spiro atoms. The van der Waals surface area contributed by atoms with Crippen LogP contribution in [0, 0.1) is 11.6 Å². The molecule has 2 heterocycles. The second-order valence-electron chi connectivity index (χ2n) is 6.73. The number of ether oxygens (including phenoxy) is 1. The van der Waals surface area contributed by atoms with Gasteiger partial charge in [0, 0.05) is 23.4 Å². The van der Waals surface area contributed by atoms with Gasteiger partial charge in [0.1, 0.15) is 5.82 Å². The van der Waals surface area contributed by atoms with Crippen LogP contribution in [0.4, 0.5) is 14.6 Å². The number of nitrogen functional groups attached to an aromatic ring is 1. The maximum absolute atomic E-state index is 13.5. The van der Waals surface area contributed by atoms with Gasteiger partial charge in [-0.2, -0.15) is 4.98 Å². The van der Waals surface area contributed by atoms with E-state index in [4.69, 9.17) is 10.5 Å². The van der Waals surface area contributed by atoms with Crippen LogP contribution < -0.4 is 10.5 Å². The molecule has 2 aromatic rings. The van der Waals surface area contributed by atoms with E-state index in [0.29, 0.717) is 17.1 Å². The highest BCUT2D eigenvalue weighted by Crippen LogP contribution is 2.24. The summed E-state index contributed by atoms with van der Waals surface area (Å²) in [7, 11) is 5.68. The molecular formula is C19H27F2N5OS2. The fourth-order valence-electron chi connectivity index (χ4n) is 2.76. The van der Waals surface area contributed by atoms with Crippen molar-refractivity contribution in [1.82, 2.24) is 19.2 Å². The fraction of sp³-hybridized carbons (Fsp3) is 0.474. The first-order valence-corrected chi connectivity index (χ1v) is 10.5. The quantitative estimate of drug-likeness (QED) is 0.417. The zero-order valence-electron chi connectivity index (χ0n) is 16.8. The zero-order chi connectivity index (χ0) is 21.4. The highest BCUT2D eigenvalue weighted by atomic mass is 32.2. The highest BCUT2D eigenvalue weighted by molar-refractivity contribution is 7.98. The summed E-state index contributed by atoms with van der Waals surface area (Å²) in [6.45, 7) is 2.44. The number of hydrogen-bond acceptors (Lipinski definition) is 8. The third kappa shape index (κ3) is 7.61. The minimum atomic E-state index is -0.871. The Bertz CT molecular complexity index is 789. The summed E-state index contributed by atoms with van der Waals surface area (Å²) in [6.07, 6.45) is 2.52. The number of anilines is 1. The van der Waals surface area contributed by atoms with Gasteiger partial charge in [0.15, 0.2) is 16.8 Å². The summed E-state index contributed by atoms with van der Waals surface area (Å²) < 4.78 is 33.5. The van der Waals surface area contributed by atoms with Crippen LogP contribution in [0.25, 0.3) is 0 Å². The number of nitrogens with two attached hydrogens (primary N) is 1. The van der Waals surface area contributed by atoms with Gasteiger partial charge in [-0.05, 0) is 46.1 Å². The number of aromatic nitrogens is 2. The molecule has 1 aliphatic rings. The average Bonchev–Trinajstić information content (AvgIpc) is 2.69. The Labute approximate surface area is 180 Å². The molecule has 1 fully saturated rings. The minimum Gasteiger partial charge on any atom is -0.481 e. The maximum atomic E-state index is 13.5. The number of nitrogens with zero attached hydrogens (tertiary/aromatic N) is 4. The molecule has 160 valence electrons. The van der Waals surface area contributed by atoms with Crippen molar-refractivity contribution < 1.29 is 13.5 Å². The second kappa shape index (κ2) is 11.5. The molecule has 2 N–H and O–H groups in total. The molecule has 1 aromatic heterocycles. The van der Waals surface area contributed by atoms with Gasteiger partial charge in [-0.3, -0.25) is 4.31 Å². The number of thiol groups is 1. The van der Waals surface area contributed by atoms with E-state index in [2.05, 4.69) is 34.7 Å². The molecule has 0 unspecified atom stereocenters. The molecule has 1 saturated heterocycles. The predicted molar refractivity (Wildman–Crippen MR) is 116 cm³/mol. The van der Waals surface area contributed by atoms with Gasteiger partial charge in [0.25, 0.3) is 0 Å². The molecule has 0 saturated carbocycles. The first-order valence-electron chi connectivity index (χ1n) is 9.14. The summed E-state index contributed by atoms with van der Waals surface area (Å²) in [6, 6.07) is 6.21. The van der Waals surface area contributed by atoms with Gasteiger partial charge < -0.3 is 15.4 Å². The zero-order valence-corrected chi connectivity index (χ0v) is 18.5. The molecule has 29 heavy (non-hydrogen) atoms. The van der Waals surface area contributed by atoms with Gasteiger partial charge >= 0.3 is 0 Å². The van der Waals surface area contributed by atoms with Crippen molar-refractivity contribution >= 4 is 30.4 Å². The predicted octanol–water partition coefficient (Wildman–Crippen LogP) is 3.50. The smallest absolute Gasteiger partial charge is 0.219 e. The first kappa shape index (κ1) is 23.7. The van der Waals surface area contributed by atoms with Crippen LogP contribution in [0.1, 0.15) is 18.4 Å². The molecular weight excluding hydrogens is 416 g/mol. The van der Waals surface area contributed by atoms with Gasteiger partial charge in [-0.25, -0.2) is 13.8 Å². The molecule has 0 aliphatic carbocycles. The van der Waals surface area contributed by atoms with Crippen molar-refractivity contribution in [3.05, 3.63) is 41.5 Å². The molecule has 6 nitrogen and oxygen atoms in total. The monoisotopic (exact) mass is 443 g/mol. The number of halogens is 2. The number of likely N-dealkylation sites (tertiary alicyclic amines) is 1. The molecule has 10 heteroatoms. The lowest BCUT2D eigenvalue weighted by Crippen LogP contribution is -2.38. The Morgan fingerprint density at radius 1 is 1.31 bits per heavy atom. The van der Waals surface area contributed by atoms with E-state index in [1.165, 1.54) is 51.2 Å². The Kier molecular flexibility index (Phi) is 9.41. The van der Waals surface area contributed by atoms with E-state index in [0.717, 1.165) is 17.8 Å². The van der Waals surface area contributed by atoms with Gasteiger partial charge in [0.2, 0.25) is 5.88 Å². The standard InChI is InChI=1S/C12H11F2N3OS.C7H16N2S/c1-18-10-5-9(15)16-12(17-10)19-6-7-3-2-4-8(13)11(7)14;1-8-5-3-7(4-6-8)9(2)10/h2-5H,6H2,1H3,(H2,15,16,17);7,10H,3-6H2,1-2H3. The van der Waals surface area contributed by atoms with Crippen molar-refractivity contribution in [3.8, 4) is 5.88 Å². The lowest BCUT2D eigenvalue weighted by Gasteiger charge is -2.32. The molecule has 0 radical (unpaired) electrons.